The normalized spacial score (nSPS) is 15.3. The van der Waals surface area contributed by atoms with Crippen molar-refractivity contribution in [3.05, 3.63) is 81.8 Å². The van der Waals surface area contributed by atoms with Gasteiger partial charge in [0.1, 0.15) is 4.70 Å². The average molecular weight is 620 g/mol. The molecule has 2 heterocycles. The molecule has 3 aromatic carbocycles. The van der Waals surface area contributed by atoms with Gasteiger partial charge in [-0.05, 0) is 41.8 Å². The summed E-state index contributed by atoms with van der Waals surface area (Å²) in [5, 5.41) is 2.42. The van der Waals surface area contributed by atoms with Crippen LogP contribution in [0.5, 0.6) is 0 Å². The fourth-order valence-corrected chi connectivity index (χ4v) is 7.81. The van der Waals surface area contributed by atoms with E-state index in [0.29, 0.717) is 24.5 Å². The standard InChI is InChI=1S/C27H25ClN2O5S4/c28-21-9-11-25-23(17-21)29(12-4-14-38(31)32)26(37-25)18-27-30(13-5-15-39(33,34)35)22-16-20(8-10-24(22)36-27)19-6-2-1-3-7-19/h1-3,6-11,16-18H,4-5,12-15H2,(H-,31,32,33,34,35)/p-1. The maximum absolute atomic E-state index is 11.3. The molecule has 0 saturated carbocycles. The van der Waals surface area contributed by atoms with Crippen molar-refractivity contribution in [2.75, 3.05) is 23.0 Å². The summed E-state index contributed by atoms with van der Waals surface area (Å²) in [6.45, 7) is 0.856. The molecular weight excluding hydrogens is 596 g/mol. The molecule has 0 fully saturated rings. The van der Waals surface area contributed by atoms with Crippen LogP contribution in [-0.4, -0.2) is 39.8 Å². The van der Waals surface area contributed by atoms with Gasteiger partial charge < -0.3 is 14.0 Å². The molecule has 0 aliphatic carbocycles. The molecule has 1 aromatic heterocycles. The minimum atomic E-state index is -4.33. The Kier molecular flexibility index (Phi) is 8.77. The molecule has 0 saturated heterocycles. The summed E-state index contributed by atoms with van der Waals surface area (Å²) in [6, 6.07) is 21.9. The number of anilines is 1. The highest BCUT2D eigenvalue weighted by molar-refractivity contribution is 8.04. The second-order valence-electron chi connectivity index (χ2n) is 8.97. The Hall–Kier alpha value is -2.25. The van der Waals surface area contributed by atoms with E-state index in [1.54, 1.807) is 23.1 Å². The fourth-order valence-electron chi connectivity index (χ4n) is 4.51. The number of hydrogen-bond donors (Lipinski definition) is 0. The van der Waals surface area contributed by atoms with E-state index >= 15 is 0 Å². The van der Waals surface area contributed by atoms with Crippen molar-refractivity contribution in [2.24, 2.45) is 0 Å². The number of halogens is 1. The molecule has 0 radical (unpaired) electrons. The number of thiazole rings is 1. The van der Waals surface area contributed by atoms with Crippen molar-refractivity contribution in [2.45, 2.75) is 24.3 Å². The van der Waals surface area contributed by atoms with Crippen molar-refractivity contribution in [3.8, 4) is 11.1 Å². The summed E-state index contributed by atoms with van der Waals surface area (Å²) in [6.07, 6.45) is 2.69. The van der Waals surface area contributed by atoms with Gasteiger partial charge in [0.15, 0.2) is 6.54 Å². The van der Waals surface area contributed by atoms with Gasteiger partial charge in [0, 0.05) is 40.5 Å². The van der Waals surface area contributed by atoms with E-state index in [2.05, 4.69) is 27.7 Å². The SMILES string of the molecule is O=S([O-])CCCN1/C(=C/c2sc3ccc(-c4ccccc4)cc3[n+]2CCCS(=O)(=O)[O-])Sc2ccc(Cl)cc21. The molecule has 1 aliphatic heterocycles. The van der Waals surface area contributed by atoms with Crippen LogP contribution in [0.2, 0.25) is 5.02 Å². The number of nitrogens with zero attached hydrogens (tertiary/aromatic N) is 2. The number of fused-ring (bicyclic) bond motifs is 2. The molecule has 204 valence electrons. The highest BCUT2D eigenvalue weighted by atomic mass is 35.5. The Labute approximate surface area is 243 Å². The van der Waals surface area contributed by atoms with Crippen LogP contribution >= 0.6 is 34.7 Å². The molecule has 0 amide bonds. The first-order valence-electron chi connectivity index (χ1n) is 12.2. The van der Waals surface area contributed by atoms with Gasteiger partial charge in [-0.1, -0.05) is 82.2 Å². The molecule has 1 aliphatic rings. The molecule has 39 heavy (non-hydrogen) atoms. The predicted molar refractivity (Wildman–Crippen MR) is 158 cm³/mol. The summed E-state index contributed by atoms with van der Waals surface area (Å²) in [5.41, 5.74) is 3.98. The van der Waals surface area contributed by atoms with E-state index in [-0.39, 0.29) is 12.2 Å². The van der Waals surface area contributed by atoms with Gasteiger partial charge in [-0.2, -0.15) is 4.57 Å². The number of aryl methyl sites for hydroxylation is 1. The minimum absolute atomic E-state index is 0.0547. The first-order chi connectivity index (χ1) is 18.7. The third kappa shape index (κ3) is 6.91. The van der Waals surface area contributed by atoms with Crippen LogP contribution < -0.4 is 9.47 Å². The average Bonchev–Trinajstić information content (AvgIpc) is 3.40. The molecule has 4 aromatic rings. The van der Waals surface area contributed by atoms with Crippen LogP contribution in [0.25, 0.3) is 27.4 Å². The monoisotopic (exact) mass is 619 g/mol. The van der Waals surface area contributed by atoms with Crippen LogP contribution in [0, 0.1) is 0 Å². The number of rotatable bonds is 10. The topological polar surface area (TPSA) is 104 Å². The van der Waals surface area contributed by atoms with Crippen LogP contribution in [-0.2, 0) is 27.7 Å². The molecule has 0 spiro atoms. The van der Waals surface area contributed by atoms with Gasteiger partial charge in [-0.25, -0.2) is 8.42 Å². The van der Waals surface area contributed by atoms with Gasteiger partial charge in [0.2, 0.25) is 5.52 Å². The Morgan fingerprint density at radius 1 is 1.03 bits per heavy atom. The van der Waals surface area contributed by atoms with E-state index in [1.165, 1.54) is 0 Å². The third-order valence-corrected chi connectivity index (χ3v) is 10.1. The summed E-state index contributed by atoms with van der Waals surface area (Å²) in [5.74, 6) is -0.387. The summed E-state index contributed by atoms with van der Waals surface area (Å²) in [4.78, 5) is 3.09. The zero-order valence-corrected chi connectivity index (χ0v) is 24.6. The summed E-state index contributed by atoms with van der Waals surface area (Å²) >= 11 is 7.32. The van der Waals surface area contributed by atoms with Crippen molar-refractivity contribution < 1.29 is 26.3 Å². The lowest BCUT2D eigenvalue weighted by molar-refractivity contribution is -0.668. The first kappa shape index (κ1) is 28.3. The van der Waals surface area contributed by atoms with Gasteiger partial charge in [-0.15, -0.1) is 0 Å². The minimum Gasteiger partial charge on any atom is -0.772 e. The third-order valence-electron chi connectivity index (χ3n) is 6.25. The van der Waals surface area contributed by atoms with Crippen LogP contribution in [0.4, 0.5) is 5.69 Å². The lowest BCUT2D eigenvalue weighted by atomic mass is 10.1. The summed E-state index contributed by atoms with van der Waals surface area (Å²) < 4.78 is 59.4. The smallest absolute Gasteiger partial charge is 0.265 e. The molecular formula is C27H24ClN2O5S4-. The maximum atomic E-state index is 11.3. The Morgan fingerprint density at radius 2 is 1.82 bits per heavy atom. The Bertz CT molecular complexity index is 1670. The molecule has 7 nitrogen and oxygen atoms in total. The molecule has 0 N–H and O–H groups in total. The lowest BCUT2D eigenvalue weighted by Gasteiger charge is -2.20. The first-order valence-corrected chi connectivity index (χ1v) is 17.0. The van der Waals surface area contributed by atoms with Gasteiger partial charge in [-0.3, -0.25) is 4.21 Å². The van der Waals surface area contributed by atoms with Crippen LogP contribution in [0.15, 0.2) is 76.7 Å². The van der Waals surface area contributed by atoms with Crippen LogP contribution in [0.1, 0.15) is 17.8 Å². The Balaban J connectivity index is 1.57. The van der Waals surface area contributed by atoms with Crippen molar-refractivity contribution in [1.82, 2.24) is 0 Å². The Morgan fingerprint density at radius 3 is 2.56 bits per heavy atom. The number of thioether (sulfide) groups is 1. The van der Waals surface area contributed by atoms with E-state index < -0.39 is 27.0 Å². The van der Waals surface area contributed by atoms with E-state index in [9.17, 15) is 21.7 Å². The molecule has 0 bridgehead atoms. The van der Waals surface area contributed by atoms with Gasteiger partial charge >= 0.3 is 0 Å². The van der Waals surface area contributed by atoms with Crippen LogP contribution in [0.3, 0.4) is 0 Å². The van der Waals surface area contributed by atoms with E-state index in [4.69, 9.17) is 11.6 Å². The second kappa shape index (κ2) is 12.1. The fraction of sp³-hybridized carbons (Fsp3) is 0.222. The quantitative estimate of drug-likeness (QED) is 0.129. The van der Waals surface area contributed by atoms with Crippen molar-refractivity contribution >= 4 is 77.9 Å². The van der Waals surface area contributed by atoms with E-state index in [0.717, 1.165) is 42.0 Å². The second-order valence-corrected chi connectivity index (χ2v) is 14.1. The van der Waals surface area contributed by atoms with Gasteiger partial charge in [0.25, 0.3) is 5.01 Å². The zero-order valence-electron chi connectivity index (χ0n) is 20.6. The molecule has 1 atom stereocenters. The van der Waals surface area contributed by atoms with Crippen molar-refractivity contribution in [1.29, 1.82) is 0 Å². The summed E-state index contributed by atoms with van der Waals surface area (Å²) in [7, 11) is -4.33. The van der Waals surface area contributed by atoms with E-state index in [1.807, 2.05) is 54.6 Å². The lowest BCUT2D eigenvalue weighted by Crippen LogP contribution is -2.36. The number of hydrogen-bond acceptors (Lipinski definition) is 8. The predicted octanol–water partition coefficient (Wildman–Crippen LogP) is 5.62. The van der Waals surface area contributed by atoms with Crippen molar-refractivity contribution in [3.63, 3.8) is 0 Å². The molecule has 5 rings (SSSR count). The number of aromatic nitrogens is 1. The molecule has 12 heteroatoms. The zero-order chi connectivity index (χ0) is 27.6. The number of benzene rings is 3. The highest BCUT2D eigenvalue weighted by Crippen LogP contribution is 2.48. The maximum Gasteiger partial charge on any atom is 0.265 e. The highest BCUT2D eigenvalue weighted by Gasteiger charge is 2.28. The largest absolute Gasteiger partial charge is 0.772 e. The van der Waals surface area contributed by atoms with Gasteiger partial charge in [0.05, 0.1) is 26.9 Å². The molecule has 1 unspecified atom stereocenters.